The fraction of sp³-hybridized carbons (Fsp3) is 0.692. The molecule has 0 bridgehead atoms. The van der Waals surface area contributed by atoms with Gasteiger partial charge in [0.25, 0.3) is 0 Å². The van der Waals surface area contributed by atoms with Crippen molar-refractivity contribution in [2.75, 3.05) is 0 Å². The van der Waals surface area contributed by atoms with E-state index in [0.29, 0.717) is 0 Å². The van der Waals surface area contributed by atoms with Crippen LogP contribution in [0.25, 0.3) is 0 Å². The van der Waals surface area contributed by atoms with Crippen LogP contribution in [0.15, 0.2) is 24.3 Å². The lowest BCUT2D eigenvalue weighted by molar-refractivity contribution is 0.324. The Morgan fingerprint density at radius 1 is 0.923 bits per heavy atom. The molecule has 0 spiro atoms. The first kappa shape index (κ1) is 10.6. The van der Waals surface area contributed by atoms with Crippen LogP contribution in [-0.4, -0.2) is 0 Å². The van der Waals surface area contributed by atoms with Gasteiger partial charge >= 0.3 is 0 Å². The van der Waals surface area contributed by atoms with Crippen LogP contribution in [0.2, 0.25) is 0 Å². The molecule has 0 heteroatoms. The predicted molar refractivity (Wildman–Crippen MR) is 59.7 cm³/mol. The predicted octanol–water partition coefficient (Wildman–Crippen LogP) is 4.34. The molecule has 0 fully saturated rings. The Morgan fingerprint density at radius 2 is 1.85 bits per heavy atom. The van der Waals surface area contributed by atoms with Crippen molar-refractivity contribution in [3.05, 3.63) is 24.3 Å². The topological polar surface area (TPSA) is 0 Å². The normalized spacial score (nSPS) is 32.6. The summed E-state index contributed by atoms with van der Waals surface area (Å²) < 4.78 is 0. The summed E-state index contributed by atoms with van der Waals surface area (Å²) in [4.78, 5) is 0. The zero-order valence-electron chi connectivity index (χ0n) is 7.71. The molecule has 0 amide bonds. The van der Waals surface area contributed by atoms with Gasteiger partial charge in [-0.05, 0) is 50.4 Å². The lowest BCUT2D eigenvalue weighted by Crippen LogP contribution is -2.16. The van der Waals surface area contributed by atoms with Gasteiger partial charge in [0.05, 0.1) is 0 Å². The van der Waals surface area contributed by atoms with Crippen molar-refractivity contribution in [1.29, 1.82) is 0 Å². The zero-order valence-corrected chi connectivity index (χ0v) is 7.71. The smallest absolute Gasteiger partial charge is 0.0170 e. The molecule has 0 nitrogen and oxygen atoms in total. The summed E-state index contributed by atoms with van der Waals surface area (Å²) >= 11 is 0. The molecule has 0 aromatic carbocycles. The highest BCUT2D eigenvalue weighted by molar-refractivity contribution is 5.01. The van der Waals surface area contributed by atoms with Gasteiger partial charge in [-0.3, -0.25) is 0 Å². The van der Waals surface area contributed by atoms with Gasteiger partial charge in [0.1, 0.15) is 0 Å². The molecule has 0 heterocycles. The van der Waals surface area contributed by atoms with Gasteiger partial charge < -0.3 is 0 Å². The third kappa shape index (κ3) is 2.72. The SMILES string of the molecule is C.C1=CCC2C=CCCC2CCC1. The molecule has 2 rings (SSSR count). The van der Waals surface area contributed by atoms with Gasteiger partial charge in [-0.2, -0.15) is 0 Å². The van der Waals surface area contributed by atoms with Crippen LogP contribution in [0, 0.1) is 11.8 Å². The Labute approximate surface area is 82.7 Å². The van der Waals surface area contributed by atoms with Crippen molar-refractivity contribution in [2.24, 2.45) is 11.8 Å². The van der Waals surface area contributed by atoms with E-state index in [1.54, 1.807) is 0 Å². The Kier molecular flexibility index (Phi) is 4.27. The molecule has 0 saturated carbocycles. The van der Waals surface area contributed by atoms with E-state index in [2.05, 4.69) is 24.3 Å². The Balaban J connectivity index is 0.000000845. The fourth-order valence-corrected chi connectivity index (χ4v) is 2.45. The van der Waals surface area contributed by atoms with Crippen molar-refractivity contribution in [3.63, 3.8) is 0 Å². The van der Waals surface area contributed by atoms with Gasteiger partial charge in [-0.1, -0.05) is 31.7 Å². The van der Waals surface area contributed by atoms with E-state index < -0.39 is 0 Å². The minimum Gasteiger partial charge on any atom is -0.0885 e. The summed E-state index contributed by atoms with van der Waals surface area (Å²) in [7, 11) is 0. The second-order valence-electron chi connectivity index (χ2n) is 4.07. The van der Waals surface area contributed by atoms with E-state index in [0.717, 1.165) is 11.8 Å². The maximum absolute atomic E-state index is 2.45. The van der Waals surface area contributed by atoms with E-state index in [4.69, 9.17) is 0 Å². The molecule has 2 atom stereocenters. The van der Waals surface area contributed by atoms with Crippen molar-refractivity contribution < 1.29 is 0 Å². The van der Waals surface area contributed by atoms with Crippen LogP contribution in [0.5, 0.6) is 0 Å². The van der Waals surface area contributed by atoms with E-state index in [-0.39, 0.29) is 7.43 Å². The monoisotopic (exact) mass is 178 g/mol. The number of hydrogen-bond acceptors (Lipinski definition) is 0. The van der Waals surface area contributed by atoms with Crippen molar-refractivity contribution in [2.45, 2.75) is 46.0 Å². The third-order valence-corrected chi connectivity index (χ3v) is 3.21. The van der Waals surface area contributed by atoms with Crippen LogP contribution in [-0.2, 0) is 0 Å². The fourth-order valence-electron chi connectivity index (χ4n) is 2.45. The van der Waals surface area contributed by atoms with Gasteiger partial charge in [-0.15, -0.1) is 0 Å². The molecule has 13 heavy (non-hydrogen) atoms. The highest BCUT2D eigenvalue weighted by Gasteiger charge is 2.20. The van der Waals surface area contributed by atoms with E-state index in [9.17, 15) is 0 Å². The van der Waals surface area contributed by atoms with Gasteiger partial charge in [0.15, 0.2) is 0 Å². The first-order chi connectivity index (χ1) is 5.97. The summed E-state index contributed by atoms with van der Waals surface area (Å²) in [6, 6.07) is 0. The summed E-state index contributed by atoms with van der Waals surface area (Å²) in [6.45, 7) is 0. The average molecular weight is 178 g/mol. The number of fused-ring (bicyclic) bond motifs is 1. The van der Waals surface area contributed by atoms with E-state index in [1.807, 2.05) is 0 Å². The molecule has 0 saturated heterocycles. The molecule has 2 unspecified atom stereocenters. The number of hydrogen-bond donors (Lipinski definition) is 0. The van der Waals surface area contributed by atoms with Crippen molar-refractivity contribution in [3.8, 4) is 0 Å². The van der Waals surface area contributed by atoms with Gasteiger partial charge in [0, 0.05) is 0 Å². The van der Waals surface area contributed by atoms with E-state index in [1.165, 1.54) is 38.5 Å². The Morgan fingerprint density at radius 3 is 2.77 bits per heavy atom. The first-order valence-corrected chi connectivity index (χ1v) is 5.28. The maximum atomic E-state index is 2.45. The molecule has 74 valence electrons. The van der Waals surface area contributed by atoms with Crippen LogP contribution in [0.1, 0.15) is 46.0 Å². The van der Waals surface area contributed by atoms with Crippen LogP contribution < -0.4 is 0 Å². The maximum Gasteiger partial charge on any atom is -0.0170 e. The molecule has 0 aliphatic heterocycles. The lowest BCUT2D eigenvalue weighted by Gasteiger charge is -2.27. The number of allylic oxidation sites excluding steroid dienone is 4. The summed E-state index contributed by atoms with van der Waals surface area (Å²) in [5.41, 5.74) is 0. The van der Waals surface area contributed by atoms with Gasteiger partial charge in [0.2, 0.25) is 0 Å². The summed E-state index contributed by atoms with van der Waals surface area (Å²) in [5.74, 6) is 1.87. The molecule has 0 radical (unpaired) electrons. The molecule has 2 aliphatic carbocycles. The molecule has 2 aliphatic rings. The summed E-state index contributed by atoms with van der Waals surface area (Å²) in [5, 5.41) is 0. The van der Waals surface area contributed by atoms with Crippen LogP contribution in [0.4, 0.5) is 0 Å². The minimum absolute atomic E-state index is 0. The molecule has 0 aromatic heterocycles. The standard InChI is InChI=1S/C12H18.CH4/c1-2-4-8-12-10-6-5-9-11(12)7-3-1;/h1,3,5,9,11-12H,2,4,6-8,10H2;1H4. The van der Waals surface area contributed by atoms with Gasteiger partial charge in [-0.25, -0.2) is 0 Å². The zero-order chi connectivity index (χ0) is 8.23. The summed E-state index contributed by atoms with van der Waals surface area (Å²) in [6.07, 6.45) is 17.8. The molecular formula is C13H22. The Hall–Kier alpha value is -0.520. The third-order valence-electron chi connectivity index (χ3n) is 3.21. The highest BCUT2D eigenvalue weighted by atomic mass is 14.3. The molecule has 0 aromatic rings. The van der Waals surface area contributed by atoms with Crippen LogP contribution >= 0.6 is 0 Å². The first-order valence-electron chi connectivity index (χ1n) is 5.28. The molecule has 0 N–H and O–H groups in total. The highest BCUT2D eigenvalue weighted by Crippen LogP contribution is 2.32. The second kappa shape index (κ2) is 5.26. The minimum atomic E-state index is 0. The largest absolute Gasteiger partial charge is 0.0885 e. The van der Waals surface area contributed by atoms with Crippen LogP contribution in [0.3, 0.4) is 0 Å². The lowest BCUT2D eigenvalue weighted by atomic mass is 9.78. The molecular weight excluding hydrogens is 156 g/mol. The number of rotatable bonds is 0. The average Bonchev–Trinajstić information content (AvgIpc) is 2.06. The quantitative estimate of drug-likeness (QED) is 0.484. The Bertz CT molecular complexity index is 188. The second-order valence-corrected chi connectivity index (χ2v) is 4.07. The van der Waals surface area contributed by atoms with Crippen molar-refractivity contribution >= 4 is 0 Å². The van der Waals surface area contributed by atoms with E-state index >= 15 is 0 Å². The van der Waals surface area contributed by atoms with Crippen molar-refractivity contribution in [1.82, 2.24) is 0 Å².